The van der Waals surface area contributed by atoms with Crippen LogP contribution >= 0.6 is 35.0 Å². The summed E-state index contributed by atoms with van der Waals surface area (Å²) < 4.78 is 1.01. The molecule has 118 valence electrons. The van der Waals surface area contributed by atoms with Gasteiger partial charge >= 0.3 is 5.97 Å². The zero-order chi connectivity index (χ0) is 15.0. The molecule has 1 fully saturated rings. The third-order valence-electron chi connectivity index (χ3n) is 3.95. The van der Waals surface area contributed by atoms with Crippen molar-refractivity contribution in [3.05, 3.63) is 43.2 Å². The molecule has 2 heterocycles. The van der Waals surface area contributed by atoms with Crippen LogP contribution in [0.1, 0.15) is 22.3 Å². The Morgan fingerprint density at radius 3 is 2.82 bits per heavy atom. The number of aromatic carboxylic acids is 1. The fourth-order valence-corrected chi connectivity index (χ4v) is 3.49. The van der Waals surface area contributed by atoms with Crippen molar-refractivity contribution in [1.82, 2.24) is 10.3 Å². The highest BCUT2D eigenvalue weighted by Crippen LogP contribution is 2.23. The van der Waals surface area contributed by atoms with Gasteiger partial charge in [-0.15, -0.1) is 12.4 Å². The number of fused-ring (bicyclic) bond motifs is 1. The fraction of sp³-hybridized carbons (Fsp3) is 0.333. The van der Waals surface area contributed by atoms with E-state index in [0.717, 1.165) is 23.1 Å². The van der Waals surface area contributed by atoms with Gasteiger partial charge in [0.25, 0.3) is 0 Å². The number of aromatic amines is 1. The highest BCUT2D eigenvalue weighted by molar-refractivity contribution is 14.1. The van der Waals surface area contributed by atoms with Crippen LogP contribution in [0.3, 0.4) is 0 Å². The number of carboxylic acids is 1. The average Bonchev–Trinajstić information content (AvgIpc) is 2.93. The lowest BCUT2D eigenvalue weighted by molar-refractivity contribution is 0.0695. The second-order valence-corrected chi connectivity index (χ2v) is 6.55. The first kappa shape index (κ1) is 17.2. The summed E-state index contributed by atoms with van der Waals surface area (Å²) in [5.74, 6) is -0.574. The molecule has 1 unspecified atom stereocenters. The minimum atomic E-state index is -1.20. The Balaban J connectivity index is 0.00000176. The molecule has 1 atom stereocenters. The van der Waals surface area contributed by atoms with E-state index in [4.69, 9.17) is 5.11 Å². The quantitative estimate of drug-likeness (QED) is 0.648. The van der Waals surface area contributed by atoms with Crippen molar-refractivity contribution in [2.75, 3.05) is 13.1 Å². The monoisotopic (exact) mass is 434 g/mol. The first-order valence-electron chi connectivity index (χ1n) is 6.84. The lowest BCUT2D eigenvalue weighted by Crippen LogP contribution is -2.16. The number of pyridine rings is 1. The van der Waals surface area contributed by atoms with E-state index in [2.05, 4.69) is 32.9 Å². The molecule has 1 aliphatic rings. The molecular formula is C15H16ClIN2O3. The molecule has 0 amide bonds. The number of hydrogen-bond acceptors (Lipinski definition) is 3. The minimum absolute atomic E-state index is 0. The Morgan fingerprint density at radius 2 is 2.18 bits per heavy atom. The molecule has 0 bridgehead atoms. The highest BCUT2D eigenvalue weighted by atomic mass is 127. The molecule has 3 rings (SSSR count). The number of carboxylic acid groups (broad SMARTS) is 1. The van der Waals surface area contributed by atoms with Gasteiger partial charge in [-0.3, -0.25) is 4.79 Å². The molecule has 5 nitrogen and oxygen atoms in total. The summed E-state index contributed by atoms with van der Waals surface area (Å²) in [4.78, 5) is 26.1. The molecule has 2 aromatic rings. The molecular weight excluding hydrogens is 419 g/mol. The van der Waals surface area contributed by atoms with Crippen molar-refractivity contribution in [1.29, 1.82) is 0 Å². The van der Waals surface area contributed by atoms with E-state index < -0.39 is 11.4 Å². The predicted octanol–water partition coefficient (Wildman–Crippen LogP) is 2.40. The molecule has 3 N–H and O–H groups in total. The van der Waals surface area contributed by atoms with Gasteiger partial charge in [-0.1, -0.05) is 0 Å². The van der Waals surface area contributed by atoms with Crippen LogP contribution in [0.25, 0.3) is 10.9 Å². The number of halogens is 2. The van der Waals surface area contributed by atoms with Gasteiger partial charge in [0, 0.05) is 20.7 Å². The minimum Gasteiger partial charge on any atom is -0.477 e. The van der Waals surface area contributed by atoms with E-state index >= 15 is 0 Å². The SMILES string of the molecule is Cl.O=C(O)c1c[nH]c2cc(CC3CCNC3)c(I)cc2c1=O. The van der Waals surface area contributed by atoms with Gasteiger partial charge in [-0.05, 0) is 72.1 Å². The summed E-state index contributed by atoms with van der Waals surface area (Å²) in [5, 5.41) is 12.8. The fourth-order valence-electron chi connectivity index (χ4n) is 2.80. The number of benzene rings is 1. The molecule has 0 saturated carbocycles. The van der Waals surface area contributed by atoms with Gasteiger partial charge in [-0.2, -0.15) is 0 Å². The van der Waals surface area contributed by atoms with E-state index in [1.54, 1.807) is 6.07 Å². The summed E-state index contributed by atoms with van der Waals surface area (Å²) in [7, 11) is 0. The van der Waals surface area contributed by atoms with Crippen LogP contribution in [0, 0.1) is 9.49 Å². The van der Waals surface area contributed by atoms with Gasteiger partial charge in [0.1, 0.15) is 5.56 Å². The number of hydrogen-bond donors (Lipinski definition) is 3. The van der Waals surface area contributed by atoms with Crippen LogP contribution in [-0.4, -0.2) is 29.1 Å². The predicted molar refractivity (Wildman–Crippen MR) is 96.2 cm³/mol. The zero-order valence-electron chi connectivity index (χ0n) is 11.7. The lowest BCUT2D eigenvalue weighted by atomic mass is 9.97. The molecule has 1 aliphatic heterocycles. The van der Waals surface area contributed by atoms with Crippen LogP contribution < -0.4 is 10.7 Å². The summed E-state index contributed by atoms with van der Waals surface area (Å²) in [6.07, 6.45) is 3.42. The first-order chi connectivity index (χ1) is 10.1. The number of aromatic nitrogens is 1. The third-order valence-corrected chi connectivity index (χ3v) is 4.95. The van der Waals surface area contributed by atoms with Crippen molar-refractivity contribution >= 4 is 51.9 Å². The molecule has 22 heavy (non-hydrogen) atoms. The Bertz CT molecular complexity index is 769. The topological polar surface area (TPSA) is 82.2 Å². The van der Waals surface area contributed by atoms with Gasteiger partial charge in [0.15, 0.2) is 0 Å². The van der Waals surface area contributed by atoms with Crippen molar-refractivity contribution in [2.45, 2.75) is 12.8 Å². The first-order valence-corrected chi connectivity index (χ1v) is 7.92. The molecule has 0 aliphatic carbocycles. The van der Waals surface area contributed by atoms with E-state index in [0.29, 0.717) is 16.8 Å². The second kappa shape index (κ2) is 6.97. The Labute approximate surface area is 147 Å². The largest absolute Gasteiger partial charge is 0.477 e. The zero-order valence-corrected chi connectivity index (χ0v) is 14.7. The van der Waals surface area contributed by atoms with Crippen molar-refractivity contribution in [2.24, 2.45) is 5.92 Å². The van der Waals surface area contributed by atoms with Gasteiger partial charge in [0.2, 0.25) is 5.43 Å². The number of carbonyl (C=O) groups is 1. The molecule has 0 spiro atoms. The van der Waals surface area contributed by atoms with Gasteiger partial charge in [0.05, 0.1) is 0 Å². The van der Waals surface area contributed by atoms with E-state index in [1.807, 2.05) is 6.07 Å². The summed E-state index contributed by atoms with van der Waals surface area (Å²) in [5.41, 5.74) is 1.26. The Hall–Kier alpha value is -1.12. The van der Waals surface area contributed by atoms with Crippen LogP contribution in [0.15, 0.2) is 23.1 Å². The smallest absolute Gasteiger partial charge is 0.341 e. The maximum absolute atomic E-state index is 12.2. The Morgan fingerprint density at radius 1 is 1.41 bits per heavy atom. The van der Waals surface area contributed by atoms with Crippen molar-refractivity contribution in [3.8, 4) is 0 Å². The van der Waals surface area contributed by atoms with Gasteiger partial charge < -0.3 is 15.4 Å². The summed E-state index contributed by atoms with van der Waals surface area (Å²) >= 11 is 2.22. The molecule has 1 aromatic heterocycles. The maximum Gasteiger partial charge on any atom is 0.341 e. The van der Waals surface area contributed by atoms with Crippen LogP contribution in [0.5, 0.6) is 0 Å². The average molecular weight is 435 g/mol. The summed E-state index contributed by atoms with van der Waals surface area (Å²) in [6.45, 7) is 2.09. The van der Waals surface area contributed by atoms with Crippen LogP contribution in [-0.2, 0) is 6.42 Å². The lowest BCUT2D eigenvalue weighted by Gasteiger charge is -2.11. The third kappa shape index (κ3) is 3.28. The maximum atomic E-state index is 12.2. The number of nitrogens with one attached hydrogen (secondary N) is 2. The molecule has 0 radical (unpaired) electrons. The normalized spacial score (nSPS) is 17.4. The number of H-pyrrole nitrogens is 1. The van der Waals surface area contributed by atoms with Crippen LogP contribution in [0.2, 0.25) is 0 Å². The standard InChI is InChI=1S/C15H15IN2O3.ClH/c16-12-5-10-13(18-7-11(14(10)19)15(20)21)4-9(12)3-8-1-2-17-6-8;/h4-5,7-8,17H,1-3,6H2,(H,18,19)(H,20,21);1H. The van der Waals surface area contributed by atoms with E-state index in [9.17, 15) is 9.59 Å². The number of rotatable bonds is 3. The van der Waals surface area contributed by atoms with Crippen molar-refractivity contribution in [3.63, 3.8) is 0 Å². The molecule has 1 saturated heterocycles. The van der Waals surface area contributed by atoms with Gasteiger partial charge in [-0.25, -0.2) is 4.79 Å². The summed E-state index contributed by atoms with van der Waals surface area (Å²) in [6, 6.07) is 3.77. The van der Waals surface area contributed by atoms with Crippen molar-refractivity contribution < 1.29 is 9.90 Å². The second-order valence-electron chi connectivity index (χ2n) is 5.39. The molecule has 1 aromatic carbocycles. The molecule has 7 heteroatoms. The Kier molecular flexibility index (Phi) is 5.46. The van der Waals surface area contributed by atoms with E-state index in [1.165, 1.54) is 18.2 Å². The highest BCUT2D eigenvalue weighted by Gasteiger charge is 2.18. The van der Waals surface area contributed by atoms with E-state index in [-0.39, 0.29) is 18.0 Å². The van der Waals surface area contributed by atoms with Crippen LogP contribution in [0.4, 0.5) is 0 Å².